The fourth-order valence-corrected chi connectivity index (χ4v) is 3.55. The highest BCUT2D eigenvalue weighted by atomic mass is 32.2. The van der Waals surface area contributed by atoms with E-state index in [0.717, 1.165) is 6.54 Å². The summed E-state index contributed by atoms with van der Waals surface area (Å²) in [5.41, 5.74) is 0.454. The molecule has 0 aromatic carbocycles. The van der Waals surface area contributed by atoms with Crippen LogP contribution in [0.2, 0.25) is 0 Å². The molecule has 100 valence electrons. The summed E-state index contributed by atoms with van der Waals surface area (Å²) in [5.74, 6) is 1.90. The standard InChI is InChI=1S/C14H28N2S/c1-6-12(11(4)5)16-13-15-9-14(7-2,8-3)10-17-13/h11-12H,6-10H2,1-5H3,(H,15,16). The molecule has 1 rings (SSSR count). The number of nitrogens with zero attached hydrogens (tertiary/aromatic N) is 1. The van der Waals surface area contributed by atoms with Crippen LogP contribution in [0.1, 0.15) is 53.9 Å². The second kappa shape index (κ2) is 6.67. The first-order valence-corrected chi connectivity index (χ1v) is 7.99. The van der Waals surface area contributed by atoms with Crippen LogP contribution < -0.4 is 5.32 Å². The van der Waals surface area contributed by atoms with Gasteiger partial charge in [0, 0.05) is 18.3 Å². The lowest BCUT2D eigenvalue weighted by Gasteiger charge is -2.34. The van der Waals surface area contributed by atoms with E-state index in [4.69, 9.17) is 4.99 Å². The maximum atomic E-state index is 4.76. The molecule has 17 heavy (non-hydrogen) atoms. The minimum Gasteiger partial charge on any atom is -0.362 e. The van der Waals surface area contributed by atoms with Crippen LogP contribution in [-0.4, -0.2) is 23.5 Å². The van der Waals surface area contributed by atoms with Gasteiger partial charge in [0.2, 0.25) is 0 Å². The quantitative estimate of drug-likeness (QED) is 0.806. The number of aliphatic imine (C=N–C) groups is 1. The Morgan fingerprint density at radius 2 is 1.94 bits per heavy atom. The smallest absolute Gasteiger partial charge is 0.156 e. The first kappa shape index (κ1) is 14.9. The zero-order valence-corrected chi connectivity index (χ0v) is 12.9. The molecule has 1 aliphatic heterocycles. The molecule has 1 atom stereocenters. The number of thioether (sulfide) groups is 1. The molecule has 3 heteroatoms. The molecule has 0 saturated heterocycles. The van der Waals surface area contributed by atoms with Crippen LogP contribution in [0.3, 0.4) is 0 Å². The number of amidine groups is 1. The van der Waals surface area contributed by atoms with E-state index in [2.05, 4.69) is 39.9 Å². The summed E-state index contributed by atoms with van der Waals surface area (Å²) in [7, 11) is 0. The molecule has 0 bridgehead atoms. The highest BCUT2D eigenvalue weighted by molar-refractivity contribution is 8.13. The molecule has 0 saturated carbocycles. The summed E-state index contributed by atoms with van der Waals surface area (Å²) in [6, 6.07) is 0.567. The second-order valence-electron chi connectivity index (χ2n) is 5.52. The number of nitrogens with one attached hydrogen (secondary N) is 1. The van der Waals surface area contributed by atoms with Gasteiger partial charge in [0.25, 0.3) is 0 Å². The summed E-state index contributed by atoms with van der Waals surface area (Å²) in [5, 5.41) is 4.77. The highest BCUT2D eigenvalue weighted by Crippen LogP contribution is 2.34. The van der Waals surface area contributed by atoms with Crippen molar-refractivity contribution in [3.8, 4) is 0 Å². The van der Waals surface area contributed by atoms with Gasteiger partial charge in [-0.3, -0.25) is 4.99 Å². The minimum absolute atomic E-state index is 0.454. The van der Waals surface area contributed by atoms with Crippen molar-refractivity contribution < 1.29 is 0 Å². The van der Waals surface area contributed by atoms with Crippen LogP contribution >= 0.6 is 11.8 Å². The van der Waals surface area contributed by atoms with Crippen molar-refractivity contribution in [1.29, 1.82) is 0 Å². The second-order valence-corrected chi connectivity index (χ2v) is 6.48. The lowest BCUT2D eigenvalue weighted by molar-refractivity contribution is 0.317. The third-order valence-electron chi connectivity index (χ3n) is 4.13. The van der Waals surface area contributed by atoms with Gasteiger partial charge in [0.1, 0.15) is 0 Å². The van der Waals surface area contributed by atoms with Crippen molar-refractivity contribution in [1.82, 2.24) is 5.32 Å². The predicted octanol–water partition coefficient (Wildman–Crippen LogP) is 3.92. The van der Waals surface area contributed by atoms with Crippen molar-refractivity contribution >= 4 is 16.9 Å². The van der Waals surface area contributed by atoms with E-state index >= 15 is 0 Å². The van der Waals surface area contributed by atoms with E-state index in [1.807, 2.05) is 11.8 Å². The van der Waals surface area contributed by atoms with Gasteiger partial charge in [-0.25, -0.2) is 0 Å². The van der Waals surface area contributed by atoms with E-state index in [0.29, 0.717) is 17.4 Å². The largest absolute Gasteiger partial charge is 0.362 e. The van der Waals surface area contributed by atoms with E-state index in [-0.39, 0.29) is 0 Å². The molecule has 0 fully saturated rings. The summed E-state index contributed by atoms with van der Waals surface area (Å²) in [6.07, 6.45) is 3.66. The van der Waals surface area contributed by atoms with Crippen molar-refractivity contribution in [2.75, 3.05) is 12.3 Å². The number of hydrogen-bond acceptors (Lipinski definition) is 3. The predicted molar refractivity (Wildman–Crippen MR) is 79.8 cm³/mol. The highest BCUT2D eigenvalue weighted by Gasteiger charge is 2.30. The van der Waals surface area contributed by atoms with Crippen molar-refractivity contribution in [3.63, 3.8) is 0 Å². The lowest BCUT2D eigenvalue weighted by Crippen LogP contribution is -2.40. The molecule has 1 heterocycles. The third kappa shape index (κ3) is 3.90. The minimum atomic E-state index is 0.454. The topological polar surface area (TPSA) is 24.4 Å². The zero-order chi connectivity index (χ0) is 12.9. The molecule has 0 aliphatic carbocycles. The van der Waals surface area contributed by atoms with Crippen molar-refractivity contribution in [3.05, 3.63) is 0 Å². The Balaban J connectivity index is 2.56. The lowest BCUT2D eigenvalue weighted by atomic mass is 9.84. The molecular weight excluding hydrogens is 228 g/mol. The van der Waals surface area contributed by atoms with Crippen LogP contribution in [0.15, 0.2) is 4.99 Å². The van der Waals surface area contributed by atoms with Crippen LogP contribution in [0, 0.1) is 11.3 Å². The van der Waals surface area contributed by atoms with Crippen molar-refractivity contribution in [2.45, 2.75) is 59.9 Å². The molecule has 1 aliphatic rings. The Morgan fingerprint density at radius 3 is 2.29 bits per heavy atom. The van der Waals surface area contributed by atoms with E-state index < -0.39 is 0 Å². The third-order valence-corrected chi connectivity index (χ3v) is 5.40. The maximum absolute atomic E-state index is 4.76. The van der Waals surface area contributed by atoms with Crippen molar-refractivity contribution in [2.24, 2.45) is 16.3 Å². The van der Waals surface area contributed by atoms with Crippen LogP contribution in [0.5, 0.6) is 0 Å². The van der Waals surface area contributed by atoms with Gasteiger partial charge in [-0.2, -0.15) is 0 Å². The van der Waals surface area contributed by atoms with Crippen LogP contribution in [0.25, 0.3) is 0 Å². The summed E-state index contributed by atoms with van der Waals surface area (Å²) in [4.78, 5) is 4.76. The Morgan fingerprint density at radius 1 is 1.29 bits per heavy atom. The normalized spacial score (nSPS) is 21.2. The van der Waals surface area contributed by atoms with Gasteiger partial charge < -0.3 is 5.32 Å². The first-order valence-electron chi connectivity index (χ1n) is 7.00. The van der Waals surface area contributed by atoms with Gasteiger partial charge in [0.15, 0.2) is 5.17 Å². The maximum Gasteiger partial charge on any atom is 0.156 e. The molecule has 0 spiro atoms. The fraction of sp³-hybridized carbons (Fsp3) is 0.929. The Kier molecular flexibility index (Phi) is 5.84. The van der Waals surface area contributed by atoms with Gasteiger partial charge in [-0.15, -0.1) is 0 Å². The van der Waals surface area contributed by atoms with Gasteiger partial charge >= 0.3 is 0 Å². The fourth-order valence-electron chi connectivity index (χ4n) is 2.22. The van der Waals surface area contributed by atoms with Gasteiger partial charge in [-0.05, 0) is 30.6 Å². The van der Waals surface area contributed by atoms with E-state index in [1.165, 1.54) is 30.2 Å². The molecule has 0 amide bonds. The number of hydrogen-bond donors (Lipinski definition) is 1. The molecule has 1 N–H and O–H groups in total. The van der Waals surface area contributed by atoms with E-state index in [1.54, 1.807) is 0 Å². The molecule has 0 aromatic rings. The first-order chi connectivity index (χ1) is 8.06. The van der Waals surface area contributed by atoms with Crippen LogP contribution in [-0.2, 0) is 0 Å². The van der Waals surface area contributed by atoms with Gasteiger partial charge in [-0.1, -0.05) is 46.4 Å². The average molecular weight is 256 g/mol. The molecule has 0 aromatic heterocycles. The number of rotatable bonds is 5. The summed E-state index contributed by atoms with van der Waals surface area (Å²) < 4.78 is 0. The summed E-state index contributed by atoms with van der Waals surface area (Å²) in [6.45, 7) is 12.4. The zero-order valence-electron chi connectivity index (χ0n) is 12.0. The van der Waals surface area contributed by atoms with Gasteiger partial charge in [0.05, 0.1) is 0 Å². The average Bonchev–Trinajstić information content (AvgIpc) is 2.36. The summed E-state index contributed by atoms with van der Waals surface area (Å²) >= 11 is 1.92. The molecule has 1 unspecified atom stereocenters. The Hall–Kier alpha value is -0.180. The van der Waals surface area contributed by atoms with E-state index in [9.17, 15) is 0 Å². The monoisotopic (exact) mass is 256 g/mol. The molecule has 0 radical (unpaired) electrons. The Labute approximate surface area is 111 Å². The molecular formula is C14H28N2S. The molecule has 2 nitrogen and oxygen atoms in total. The SMILES string of the molecule is CCC(NC1=NCC(CC)(CC)CS1)C(C)C. The van der Waals surface area contributed by atoms with Crippen LogP contribution in [0.4, 0.5) is 0 Å². The Bertz CT molecular complexity index is 257.